The van der Waals surface area contributed by atoms with Crippen molar-refractivity contribution in [2.24, 2.45) is 0 Å². The molecule has 1 aliphatic rings. The Labute approximate surface area is 211 Å². The summed E-state index contributed by atoms with van der Waals surface area (Å²) in [5, 5.41) is 0.514. The Morgan fingerprint density at radius 1 is 1.22 bits per heavy atom. The monoisotopic (exact) mass is 513 g/mol. The van der Waals surface area contributed by atoms with Crippen LogP contribution in [-0.4, -0.2) is 23.9 Å². The van der Waals surface area contributed by atoms with Crippen molar-refractivity contribution in [2.75, 3.05) is 13.7 Å². The zero-order valence-electron chi connectivity index (χ0n) is 21.5. The van der Waals surface area contributed by atoms with Crippen molar-refractivity contribution in [3.05, 3.63) is 70.2 Å². The van der Waals surface area contributed by atoms with E-state index < -0.39 is 13.4 Å². The summed E-state index contributed by atoms with van der Waals surface area (Å²) in [4.78, 5) is 13.7. The fourth-order valence-electron chi connectivity index (χ4n) is 4.24. The van der Waals surface area contributed by atoms with Crippen LogP contribution in [0.3, 0.4) is 0 Å². The zero-order chi connectivity index (χ0) is 26.3. The number of allylic oxidation sites excluding steroid dienone is 1. The molecule has 192 valence electrons. The van der Waals surface area contributed by atoms with E-state index in [9.17, 15) is 9.36 Å². The first-order valence-electron chi connectivity index (χ1n) is 11.7. The first-order valence-corrected chi connectivity index (χ1v) is 13.1. The molecule has 3 aromatic rings. The molecule has 0 bridgehead atoms. The van der Waals surface area contributed by atoms with Crippen LogP contribution in [0.5, 0.6) is 11.5 Å². The molecular weight excluding hydrogens is 481 g/mol. The molecule has 1 aliphatic heterocycles. The zero-order valence-corrected chi connectivity index (χ0v) is 22.4. The standard InChI is InChI=1S/C27H32NO7P/c1-17(2)34-36(30,35-27(4,5)6)33-16-28-15-22(19-8-10-21(31-7)11-9-19)25(29)23-18(3)14-20-12-13-32-26(20)24(23)28/h8-11,14-15H,1,12-13,16H2,2-7H3. The van der Waals surface area contributed by atoms with Gasteiger partial charge in [0.25, 0.3) is 0 Å². The van der Waals surface area contributed by atoms with E-state index >= 15 is 0 Å². The molecule has 1 unspecified atom stereocenters. The number of aromatic nitrogens is 1. The second-order valence-corrected chi connectivity index (χ2v) is 11.3. The molecule has 1 atom stereocenters. The van der Waals surface area contributed by atoms with Crippen LogP contribution in [0.25, 0.3) is 22.0 Å². The van der Waals surface area contributed by atoms with Crippen molar-refractivity contribution in [3.63, 3.8) is 0 Å². The summed E-state index contributed by atoms with van der Waals surface area (Å²) in [6.45, 7) is 12.7. The molecule has 1 aromatic heterocycles. The number of aryl methyl sites for hydroxylation is 1. The van der Waals surface area contributed by atoms with Crippen molar-refractivity contribution in [1.82, 2.24) is 4.57 Å². The minimum atomic E-state index is -4.04. The Bertz CT molecular complexity index is 1420. The van der Waals surface area contributed by atoms with Crippen molar-refractivity contribution < 1.29 is 27.6 Å². The van der Waals surface area contributed by atoms with Crippen LogP contribution in [-0.2, 0) is 31.3 Å². The summed E-state index contributed by atoms with van der Waals surface area (Å²) in [5.41, 5.74) is 2.67. The van der Waals surface area contributed by atoms with E-state index in [1.807, 2.05) is 25.1 Å². The number of phosphoric ester groups is 1. The molecule has 36 heavy (non-hydrogen) atoms. The van der Waals surface area contributed by atoms with Crippen LogP contribution in [0.2, 0.25) is 0 Å². The maximum Gasteiger partial charge on any atom is 0.531 e. The first kappa shape index (κ1) is 26.0. The van der Waals surface area contributed by atoms with Gasteiger partial charge in [0.05, 0.1) is 36.0 Å². The molecule has 0 fully saturated rings. The number of ether oxygens (including phenoxy) is 2. The summed E-state index contributed by atoms with van der Waals surface area (Å²) in [6, 6.07) is 9.23. The summed E-state index contributed by atoms with van der Waals surface area (Å²) in [7, 11) is -2.45. The molecule has 2 aromatic carbocycles. The average Bonchev–Trinajstić information content (AvgIpc) is 3.25. The number of nitrogens with zero attached hydrogens (tertiary/aromatic N) is 1. The lowest BCUT2D eigenvalue weighted by atomic mass is 9.98. The number of phosphoric acid groups is 1. The largest absolute Gasteiger partial charge is 0.531 e. The SMILES string of the molecule is C=C(C)OP(=O)(OCn1cc(-c2ccc(OC)cc2)c(=O)c2c(C)cc3c(c21)OCC3)OC(C)(C)C. The van der Waals surface area contributed by atoms with Crippen molar-refractivity contribution in [1.29, 1.82) is 0 Å². The molecule has 0 aliphatic carbocycles. The molecule has 0 saturated heterocycles. The number of rotatable bonds is 8. The third-order valence-electron chi connectivity index (χ3n) is 5.60. The normalized spacial score (nSPS) is 14.7. The fraction of sp³-hybridized carbons (Fsp3) is 0.370. The lowest BCUT2D eigenvalue weighted by Gasteiger charge is -2.27. The molecule has 8 nitrogen and oxygen atoms in total. The van der Waals surface area contributed by atoms with Crippen LogP contribution in [0.4, 0.5) is 0 Å². The summed E-state index contributed by atoms with van der Waals surface area (Å²) >= 11 is 0. The lowest BCUT2D eigenvalue weighted by molar-refractivity contribution is 0.0426. The van der Waals surface area contributed by atoms with Crippen LogP contribution >= 0.6 is 7.82 Å². The number of fused-ring (bicyclic) bond motifs is 3. The summed E-state index contributed by atoms with van der Waals surface area (Å²) < 4.78 is 43.3. The highest BCUT2D eigenvalue weighted by atomic mass is 31.2. The van der Waals surface area contributed by atoms with Gasteiger partial charge in [0.1, 0.15) is 18.2 Å². The third-order valence-corrected chi connectivity index (χ3v) is 7.34. The van der Waals surface area contributed by atoms with Crippen LogP contribution in [0.1, 0.15) is 38.8 Å². The molecule has 9 heteroatoms. The predicted octanol–water partition coefficient (Wildman–Crippen LogP) is 6.37. The van der Waals surface area contributed by atoms with Gasteiger partial charge in [-0.3, -0.25) is 13.8 Å². The predicted molar refractivity (Wildman–Crippen MR) is 140 cm³/mol. The van der Waals surface area contributed by atoms with E-state index in [1.165, 1.54) is 0 Å². The van der Waals surface area contributed by atoms with Gasteiger partial charge in [-0.2, -0.15) is 0 Å². The molecule has 0 N–H and O–H groups in total. The Morgan fingerprint density at radius 3 is 2.53 bits per heavy atom. The van der Waals surface area contributed by atoms with Crippen LogP contribution < -0.4 is 14.9 Å². The van der Waals surface area contributed by atoms with E-state index in [1.54, 1.807) is 57.7 Å². The fourth-order valence-corrected chi connectivity index (χ4v) is 5.71. The average molecular weight is 514 g/mol. The van der Waals surface area contributed by atoms with Crippen molar-refractivity contribution >= 4 is 18.7 Å². The van der Waals surface area contributed by atoms with Crippen LogP contribution in [0.15, 0.2) is 53.7 Å². The Kier molecular flexibility index (Phi) is 7.06. The highest BCUT2D eigenvalue weighted by Gasteiger charge is 2.35. The van der Waals surface area contributed by atoms with Gasteiger partial charge in [-0.25, -0.2) is 4.57 Å². The highest BCUT2D eigenvalue weighted by Crippen LogP contribution is 2.54. The first-order chi connectivity index (χ1) is 16.9. The van der Waals surface area contributed by atoms with E-state index in [0.29, 0.717) is 40.1 Å². The highest BCUT2D eigenvalue weighted by molar-refractivity contribution is 7.48. The Morgan fingerprint density at radius 2 is 1.92 bits per heavy atom. The maximum absolute atomic E-state index is 13.7. The molecule has 0 radical (unpaired) electrons. The summed E-state index contributed by atoms with van der Waals surface area (Å²) in [6.07, 6.45) is 2.43. The second-order valence-electron chi connectivity index (χ2n) is 9.78. The van der Waals surface area contributed by atoms with Crippen LogP contribution in [0, 0.1) is 6.92 Å². The lowest BCUT2D eigenvalue weighted by Crippen LogP contribution is -2.20. The van der Waals surface area contributed by atoms with Crippen molar-refractivity contribution in [3.8, 4) is 22.6 Å². The van der Waals surface area contributed by atoms with Gasteiger partial charge in [0.15, 0.2) is 5.43 Å². The molecular formula is C27H32NO7P. The number of hydrogen-bond acceptors (Lipinski definition) is 7. The van der Waals surface area contributed by atoms with Gasteiger partial charge in [-0.1, -0.05) is 24.8 Å². The summed E-state index contributed by atoms with van der Waals surface area (Å²) in [5.74, 6) is 1.51. The minimum Gasteiger partial charge on any atom is -0.497 e. The van der Waals surface area contributed by atoms with Gasteiger partial charge < -0.3 is 18.6 Å². The van der Waals surface area contributed by atoms with Gasteiger partial charge in [-0.15, -0.1) is 0 Å². The molecule has 0 saturated carbocycles. The van der Waals surface area contributed by atoms with E-state index in [2.05, 4.69) is 6.58 Å². The third kappa shape index (κ3) is 5.36. The Balaban J connectivity index is 1.88. The Hall–Kier alpha value is -3.06. The van der Waals surface area contributed by atoms with Gasteiger partial charge in [0.2, 0.25) is 0 Å². The number of methoxy groups -OCH3 is 1. The van der Waals surface area contributed by atoms with Gasteiger partial charge in [-0.05, 0) is 63.4 Å². The number of benzene rings is 2. The van der Waals surface area contributed by atoms with E-state index in [4.69, 9.17) is 23.0 Å². The van der Waals surface area contributed by atoms with E-state index in [-0.39, 0.29) is 17.9 Å². The molecule has 0 spiro atoms. The number of pyridine rings is 1. The molecule has 4 rings (SSSR count). The van der Waals surface area contributed by atoms with E-state index in [0.717, 1.165) is 17.5 Å². The molecule has 0 amide bonds. The number of hydrogen-bond donors (Lipinski definition) is 0. The smallest absolute Gasteiger partial charge is 0.497 e. The topological polar surface area (TPSA) is 85.2 Å². The second kappa shape index (κ2) is 9.77. The van der Waals surface area contributed by atoms with Crippen molar-refractivity contribution in [2.45, 2.75) is 53.4 Å². The molecule has 2 heterocycles. The van der Waals surface area contributed by atoms with Gasteiger partial charge in [0, 0.05) is 18.2 Å². The quantitative estimate of drug-likeness (QED) is 0.256. The minimum absolute atomic E-state index is 0.130. The maximum atomic E-state index is 13.7. The van der Waals surface area contributed by atoms with Gasteiger partial charge >= 0.3 is 7.82 Å².